The molecule has 0 radical (unpaired) electrons. The van der Waals surface area contributed by atoms with Crippen LogP contribution in [0.15, 0.2) is 65.4 Å². The molecule has 0 saturated carbocycles. The molecular formula is C20H18ClN3O4. The van der Waals surface area contributed by atoms with Crippen molar-refractivity contribution >= 4 is 29.3 Å². The van der Waals surface area contributed by atoms with Crippen molar-refractivity contribution in [3.8, 4) is 0 Å². The largest absolute Gasteiger partial charge is 0.448 e. The van der Waals surface area contributed by atoms with Gasteiger partial charge >= 0.3 is 6.09 Å². The van der Waals surface area contributed by atoms with E-state index in [4.69, 9.17) is 20.8 Å². The maximum absolute atomic E-state index is 11.9. The van der Waals surface area contributed by atoms with Crippen LogP contribution in [0.3, 0.4) is 0 Å². The number of carbonyl (C=O) groups excluding carboxylic acids is 2. The first-order valence-corrected chi connectivity index (χ1v) is 8.88. The van der Waals surface area contributed by atoms with Gasteiger partial charge in [-0.1, -0.05) is 35.9 Å². The van der Waals surface area contributed by atoms with Gasteiger partial charge in [0.1, 0.15) is 19.3 Å². The lowest BCUT2D eigenvalue weighted by Crippen LogP contribution is -2.24. The summed E-state index contributed by atoms with van der Waals surface area (Å²) in [7, 11) is 0. The Hall–Kier alpha value is -3.32. The molecule has 28 heavy (non-hydrogen) atoms. The highest BCUT2D eigenvalue weighted by Crippen LogP contribution is 2.12. The molecule has 0 atom stereocenters. The van der Waals surface area contributed by atoms with E-state index in [0.29, 0.717) is 23.1 Å². The van der Waals surface area contributed by atoms with Gasteiger partial charge in [-0.05, 0) is 35.4 Å². The van der Waals surface area contributed by atoms with Crippen LogP contribution in [0.4, 0.5) is 10.5 Å². The summed E-state index contributed by atoms with van der Waals surface area (Å²) in [6, 6.07) is 14.1. The number of benzene rings is 2. The van der Waals surface area contributed by atoms with Crippen LogP contribution in [0, 0.1) is 0 Å². The van der Waals surface area contributed by atoms with Crippen LogP contribution in [0.5, 0.6) is 0 Å². The minimum Gasteiger partial charge on any atom is -0.448 e. The Morgan fingerprint density at radius 2 is 1.75 bits per heavy atom. The van der Waals surface area contributed by atoms with Gasteiger partial charge in [-0.2, -0.15) is 0 Å². The zero-order valence-electron chi connectivity index (χ0n) is 14.9. The van der Waals surface area contributed by atoms with Crippen LogP contribution in [0.1, 0.15) is 17.0 Å². The quantitative estimate of drug-likeness (QED) is 0.627. The lowest BCUT2D eigenvalue weighted by Gasteiger charge is -2.08. The maximum Gasteiger partial charge on any atom is 0.411 e. The molecule has 2 amide bonds. The molecule has 0 unspecified atom stereocenters. The van der Waals surface area contributed by atoms with Gasteiger partial charge in [-0.3, -0.25) is 10.1 Å². The van der Waals surface area contributed by atoms with Gasteiger partial charge in [0.05, 0.1) is 6.20 Å². The lowest BCUT2D eigenvalue weighted by molar-refractivity contribution is -0.120. The number of nitrogens with one attached hydrogen (secondary N) is 2. The number of aromatic nitrogens is 1. The van der Waals surface area contributed by atoms with Crippen molar-refractivity contribution in [2.24, 2.45) is 0 Å². The van der Waals surface area contributed by atoms with Gasteiger partial charge in [0.15, 0.2) is 0 Å². The van der Waals surface area contributed by atoms with E-state index < -0.39 is 6.09 Å². The summed E-state index contributed by atoms with van der Waals surface area (Å²) in [5.41, 5.74) is 2.33. The van der Waals surface area contributed by atoms with Gasteiger partial charge in [-0.25, -0.2) is 9.78 Å². The molecule has 0 bridgehead atoms. The number of carbonyl (C=O) groups is 2. The summed E-state index contributed by atoms with van der Waals surface area (Å²) in [6.07, 6.45) is 2.46. The second-order valence-electron chi connectivity index (χ2n) is 5.90. The monoisotopic (exact) mass is 399 g/mol. The van der Waals surface area contributed by atoms with Crippen molar-refractivity contribution in [2.75, 3.05) is 5.32 Å². The second kappa shape index (κ2) is 9.57. The predicted octanol–water partition coefficient (Wildman–Crippen LogP) is 3.94. The number of ether oxygens (including phenoxy) is 1. The van der Waals surface area contributed by atoms with E-state index in [1.165, 1.54) is 12.5 Å². The molecule has 7 nitrogen and oxygen atoms in total. The summed E-state index contributed by atoms with van der Waals surface area (Å²) >= 11 is 5.82. The van der Waals surface area contributed by atoms with E-state index in [2.05, 4.69) is 15.6 Å². The average molecular weight is 400 g/mol. The fraction of sp³-hybridized carbons (Fsp3) is 0.150. The van der Waals surface area contributed by atoms with Crippen LogP contribution < -0.4 is 10.6 Å². The Bertz CT molecular complexity index is 910. The Kier molecular flexibility index (Phi) is 6.64. The number of hydrogen-bond donors (Lipinski definition) is 2. The third-order valence-corrected chi connectivity index (χ3v) is 4.02. The molecule has 0 aliphatic carbocycles. The molecule has 0 spiro atoms. The summed E-state index contributed by atoms with van der Waals surface area (Å²) in [4.78, 5) is 27.6. The van der Waals surface area contributed by atoms with E-state index in [1.807, 2.05) is 0 Å². The van der Waals surface area contributed by atoms with Gasteiger partial charge < -0.3 is 14.5 Å². The predicted molar refractivity (Wildman–Crippen MR) is 104 cm³/mol. The Morgan fingerprint density at radius 1 is 1.04 bits per heavy atom. The van der Waals surface area contributed by atoms with Crippen LogP contribution in [0.2, 0.25) is 5.02 Å². The van der Waals surface area contributed by atoms with Gasteiger partial charge in [-0.15, -0.1) is 0 Å². The van der Waals surface area contributed by atoms with Crippen LogP contribution in [0.25, 0.3) is 0 Å². The average Bonchev–Trinajstić information content (AvgIpc) is 3.20. The number of oxazole rings is 1. The van der Waals surface area contributed by atoms with Gasteiger partial charge in [0.2, 0.25) is 11.8 Å². The number of anilines is 1. The Labute approximate surface area is 166 Å². The highest BCUT2D eigenvalue weighted by Gasteiger charge is 2.07. The Balaban J connectivity index is 1.41. The summed E-state index contributed by atoms with van der Waals surface area (Å²) < 4.78 is 10.2. The number of amides is 2. The number of halogens is 1. The van der Waals surface area contributed by atoms with E-state index in [-0.39, 0.29) is 18.9 Å². The molecule has 2 aromatic carbocycles. The molecule has 1 heterocycles. The minimum absolute atomic E-state index is 0.0894. The summed E-state index contributed by atoms with van der Waals surface area (Å²) in [5.74, 6) is 0.185. The molecular weight excluding hydrogens is 382 g/mol. The smallest absolute Gasteiger partial charge is 0.411 e. The van der Waals surface area contributed by atoms with E-state index in [0.717, 1.165) is 11.1 Å². The highest BCUT2D eigenvalue weighted by atomic mass is 35.5. The van der Waals surface area contributed by atoms with E-state index in [9.17, 15) is 9.59 Å². The molecule has 0 fully saturated rings. The lowest BCUT2D eigenvalue weighted by atomic mass is 10.2. The molecule has 3 aromatic rings. The normalized spacial score (nSPS) is 10.3. The third kappa shape index (κ3) is 6.14. The van der Waals surface area contributed by atoms with Crippen LogP contribution >= 0.6 is 11.6 Å². The molecule has 0 saturated heterocycles. The minimum atomic E-state index is -0.554. The molecule has 144 valence electrons. The molecule has 0 aliphatic rings. The zero-order valence-corrected chi connectivity index (χ0v) is 15.6. The van der Waals surface area contributed by atoms with Crippen molar-refractivity contribution < 1.29 is 18.7 Å². The summed E-state index contributed by atoms with van der Waals surface area (Å²) in [6.45, 7) is 0.512. The highest BCUT2D eigenvalue weighted by molar-refractivity contribution is 6.30. The molecule has 0 aliphatic heterocycles. The van der Waals surface area contributed by atoms with E-state index >= 15 is 0 Å². The SMILES string of the molecule is O=C(Cc1ncco1)NCc1ccc(NC(=O)OCc2ccc(Cl)cc2)cc1. The molecule has 2 N–H and O–H groups in total. The number of hydrogen-bond acceptors (Lipinski definition) is 5. The van der Waals surface area contributed by atoms with Crippen LogP contribution in [-0.2, 0) is 29.1 Å². The fourth-order valence-corrected chi connectivity index (χ4v) is 2.46. The van der Waals surface area contributed by atoms with Crippen molar-refractivity contribution in [3.63, 3.8) is 0 Å². The van der Waals surface area contributed by atoms with Crippen molar-refractivity contribution in [2.45, 2.75) is 19.6 Å². The van der Waals surface area contributed by atoms with Gasteiger partial charge in [0.25, 0.3) is 0 Å². The molecule has 8 heteroatoms. The van der Waals surface area contributed by atoms with Gasteiger partial charge in [0, 0.05) is 17.3 Å². The third-order valence-electron chi connectivity index (χ3n) is 3.77. The first kappa shape index (κ1) is 19.4. The Morgan fingerprint density at radius 3 is 2.43 bits per heavy atom. The van der Waals surface area contributed by atoms with Crippen LogP contribution in [-0.4, -0.2) is 17.0 Å². The standard InChI is InChI=1S/C20H18ClN3O4/c21-16-5-1-15(2-6-16)13-28-20(26)24-17-7-3-14(4-8-17)12-23-18(25)11-19-22-9-10-27-19/h1-10H,11-13H2,(H,23,25)(H,24,26). The molecule has 1 aromatic heterocycles. The molecule has 3 rings (SSSR count). The first-order valence-electron chi connectivity index (χ1n) is 8.51. The number of rotatable bonds is 7. The van der Waals surface area contributed by atoms with Crippen molar-refractivity contribution in [1.29, 1.82) is 0 Å². The van der Waals surface area contributed by atoms with Crippen molar-refractivity contribution in [3.05, 3.63) is 83.0 Å². The topological polar surface area (TPSA) is 93.5 Å². The first-order chi connectivity index (χ1) is 13.6. The second-order valence-corrected chi connectivity index (χ2v) is 6.34. The number of nitrogens with zero attached hydrogens (tertiary/aromatic N) is 1. The fourth-order valence-electron chi connectivity index (χ4n) is 2.33. The summed E-state index contributed by atoms with van der Waals surface area (Å²) in [5, 5.41) is 6.06. The van der Waals surface area contributed by atoms with E-state index in [1.54, 1.807) is 48.5 Å². The maximum atomic E-state index is 11.9. The zero-order chi connectivity index (χ0) is 19.8. The van der Waals surface area contributed by atoms with Crippen molar-refractivity contribution in [1.82, 2.24) is 10.3 Å².